The predicted octanol–water partition coefficient (Wildman–Crippen LogP) is 6.68. The van der Waals surface area contributed by atoms with Gasteiger partial charge in [-0.15, -0.1) is 11.3 Å². The van der Waals surface area contributed by atoms with Crippen molar-refractivity contribution in [3.63, 3.8) is 0 Å². The second-order valence-corrected chi connectivity index (χ2v) is 7.47. The molecular weight excluding hydrogens is 378 g/mol. The summed E-state index contributed by atoms with van der Waals surface area (Å²) in [6.45, 7) is 2.10. The van der Waals surface area contributed by atoms with E-state index in [1.165, 1.54) is 5.56 Å². The molecule has 4 nitrogen and oxygen atoms in total. The lowest BCUT2D eigenvalue weighted by Gasteiger charge is -2.08. The lowest BCUT2D eigenvalue weighted by atomic mass is 10.1. The number of carbonyl (C=O) groups excluding carboxylic acids is 1. The Labute approximate surface area is 174 Å². The van der Waals surface area contributed by atoms with Crippen LogP contribution in [-0.2, 0) is 6.42 Å². The normalized spacial score (nSPS) is 10.5. The Balaban J connectivity index is 1.40. The van der Waals surface area contributed by atoms with Crippen LogP contribution >= 0.6 is 11.3 Å². The number of carbonyl (C=O) groups is 1. The molecule has 0 saturated heterocycles. The number of benzene rings is 3. The summed E-state index contributed by atoms with van der Waals surface area (Å²) in [5.41, 5.74) is 5.81. The minimum Gasteiger partial charge on any atom is -0.308 e. The monoisotopic (exact) mass is 399 g/mol. The molecule has 4 aromatic rings. The van der Waals surface area contributed by atoms with Gasteiger partial charge in [-0.25, -0.2) is 9.78 Å². The van der Waals surface area contributed by atoms with Gasteiger partial charge < -0.3 is 10.6 Å². The summed E-state index contributed by atoms with van der Waals surface area (Å²) in [5, 5.41) is 8.76. The van der Waals surface area contributed by atoms with Crippen LogP contribution in [0.5, 0.6) is 0 Å². The van der Waals surface area contributed by atoms with Crippen molar-refractivity contribution in [2.24, 2.45) is 0 Å². The molecule has 0 saturated carbocycles. The Kier molecular flexibility index (Phi) is 5.68. The maximum absolute atomic E-state index is 12.2. The van der Waals surface area contributed by atoms with Crippen molar-refractivity contribution in [3.8, 4) is 21.8 Å². The van der Waals surface area contributed by atoms with Gasteiger partial charge in [0.05, 0.1) is 5.69 Å². The molecule has 1 aromatic heterocycles. The van der Waals surface area contributed by atoms with Gasteiger partial charge in [0.25, 0.3) is 0 Å². The van der Waals surface area contributed by atoms with Gasteiger partial charge in [0.15, 0.2) is 0 Å². The Hall–Kier alpha value is -3.44. The first kappa shape index (κ1) is 18.9. The molecule has 3 aromatic carbocycles. The highest BCUT2D eigenvalue weighted by Gasteiger charge is 2.07. The lowest BCUT2D eigenvalue weighted by molar-refractivity contribution is 0.262. The number of thiazole rings is 1. The minimum atomic E-state index is -0.262. The van der Waals surface area contributed by atoms with Gasteiger partial charge >= 0.3 is 6.03 Å². The van der Waals surface area contributed by atoms with Gasteiger partial charge in [-0.3, -0.25) is 0 Å². The fourth-order valence-corrected chi connectivity index (χ4v) is 3.80. The van der Waals surface area contributed by atoms with E-state index in [2.05, 4.69) is 35.1 Å². The fourth-order valence-electron chi connectivity index (χ4n) is 2.96. The molecule has 0 unspecified atom stereocenters. The van der Waals surface area contributed by atoms with Crippen molar-refractivity contribution in [3.05, 3.63) is 89.8 Å². The topological polar surface area (TPSA) is 54.0 Å². The van der Waals surface area contributed by atoms with Crippen LogP contribution in [0.4, 0.5) is 16.2 Å². The minimum absolute atomic E-state index is 0.262. The average molecular weight is 400 g/mol. The van der Waals surface area contributed by atoms with E-state index in [9.17, 15) is 4.79 Å². The number of aromatic nitrogens is 1. The van der Waals surface area contributed by atoms with Crippen LogP contribution in [0.3, 0.4) is 0 Å². The Morgan fingerprint density at radius 1 is 0.828 bits per heavy atom. The van der Waals surface area contributed by atoms with Crippen molar-refractivity contribution in [1.82, 2.24) is 4.98 Å². The van der Waals surface area contributed by atoms with E-state index >= 15 is 0 Å². The number of hydrogen-bond donors (Lipinski definition) is 2. The summed E-state index contributed by atoms with van der Waals surface area (Å²) < 4.78 is 0. The Bertz CT molecular complexity index is 1090. The van der Waals surface area contributed by atoms with Gasteiger partial charge in [0, 0.05) is 27.9 Å². The first-order valence-corrected chi connectivity index (χ1v) is 10.4. The molecule has 2 N–H and O–H groups in total. The molecular formula is C24H21N3OS. The highest BCUT2D eigenvalue weighted by Crippen LogP contribution is 2.29. The average Bonchev–Trinajstić information content (AvgIpc) is 3.26. The van der Waals surface area contributed by atoms with Gasteiger partial charge in [-0.1, -0.05) is 61.5 Å². The zero-order chi connectivity index (χ0) is 20.1. The van der Waals surface area contributed by atoms with Gasteiger partial charge in [-0.2, -0.15) is 0 Å². The van der Waals surface area contributed by atoms with Crippen molar-refractivity contribution in [2.45, 2.75) is 13.3 Å². The van der Waals surface area contributed by atoms with Crippen LogP contribution in [-0.4, -0.2) is 11.0 Å². The summed E-state index contributed by atoms with van der Waals surface area (Å²) in [6.07, 6.45) is 0.977. The molecule has 0 spiro atoms. The molecule has 1 heterocycles. The van der Waals surface area contributed by atoms with E-state index < -0.39 is 0 Å². The number of nitrogens with one attached hydrogen (secondary N) is 2. The lowest BCUT2D eigenvalue weighted by Crippen LogP contribution is -2.19. The largest absolute Gasteiger partial charge is 0.323 e. The van der Waals surface area contributed by atoms with E-state index in [0.717, 1.165) is 39.6 Å². The first-order chi connectivity index (χ1) is 14.2. The Morgan fingerprint density at radius 2 is 1.45 bits per heavy atom. The van der Waals surface area contributed by atoms with E-state index in [-0.39, 0.29) is 6.03 Å². The van der Waals surface area contributed by atoms with Gasteiger partial charge in [0.2, 0.25) is 0 Å². The zero-order valence-corrected chi connectivity index (χ0v) is 16.9. The smallest absolute Gasteiger partial charge is 0.308 e. The van der Waals surface area contributed by atoms with Crippen molar-refractivity contribution in [1.29, 1.82) is 0 Å². The quantitative estimate of drug-likeness (QED) is 0.393. The van der Waals surface area contributed by atoms with Crippen LogP contribution in [0.25, 0.3) is 21.8 Å². The molecule has 0 atom stereocenters. The molecule has 0 aliphatic carbocycles. The maximum atomic E-state index is 12.2. The third kappa shape index (κ3) is 4.70. The number of aryl methyl sites for hydroxylation is 1. The summed E-state index contributed by atoms with van der Waals surface area (Å²) in [6, 6.07) is 25.4. The van der Waals surface area contributed by atoms with E-state index in [1.807, 2.05) is 66.7 Å². The number of rotatable bonds is 5. The van der Waals surface area contributed by atoms with E-state index in [0.29, 0.717) is 0 Å². The van der Waals surface area contributed by atoms with Crippen molar-refractivity contribution < 1.29 is 4.79 Å². The van der Waals surface area contributed by atoms with Crippen LogP contribution in [0, 0.1) is 0 Å². The summed E-state index contributed by atoms with van der Waals surface area (Å²) >= 11 is 1.63. The molecule has 2 amide bonds. The second-order valence-electron chi connectivity index (χ2n) is 6.61. The fraction of sp³-hybridized carbons (Fsp3) is 0.0833. The van der Waals surface area contributed by atoms with Crippen molar-refractivity contribution in [2.75, 3.05) is 10.6 Å². The molecule has 0 bridgehead atoms. The second kappa shape index (κ2) is 8.71. The summed E-state index contributed by atoms with van der Waals surface area (Å²) in [7, 11) is 0. The molecule has 0 aliphatic rings. The predicted molar refractivity (Wildman–Crippen MR) is 121 cm³/mol. The van der Waals surface area contributed by atoms with Crippen LogP contribution in [0.1, 0.15) is 12.5 Å². The molecule has 29 heavy (non-hydrogen) atoms. The van der Waals surface area contributed by atoms with Crippen molar-refractivity contribution >= 4 is 28.7 Å². The van der Waals surface area contributed by atoms with E-state index in [4.69, 9.17) is 4.98 Å². The summed E-state index contributed by atoms with van der Waals surface area (Å²) in [5.74, 6) is 0. The van der Waals surface area contributed by atoms with Crippen LogP contribution in [0.2, 0.25) is 0 Å². The van der Waals surface area contributed by atoms with Crippen LogP contribution < -0.4 is 10.6 Å². The highest BCUT2D eigenvalue weighted by atomic mass is 32.1. The number of urea groups is 1. The van der Waals surface area contributed by atoms with E-state index in [1.54, 1.807) is 11.3 Å². The molecule has 5 heteroatoms. The molecule has 144 valence electrons. The standard InChI is InChI=1S/C24H21N3OS/c1-2-17-8-12-20(13-9-17)25-24(28)26-21-14-10-18(11-15-21)22-16-29-23(27-22)19-6-4-3-5-7-19/h3-16H,2H2,1H3,(H2,25,26,28). The molecule has 0 radical (unpaired) electrons. The third-order valence-electron chi connectivity index (χ3n) is 4.58. The number of nitrogens with zero attached hydrogens (tertiary/aromatic N) is 1. The SMILES string of the molecule is CCc1ccc(NC(=O)Nc2ccc(-c3csc(-c4ccccc4)n3)cc2)cc1. The zero-order valence-electron chi connectivity index (χ0n) is 16.1. The maximum Gasteiger partial charge on any atom is 0.323 e. The number of amides is 2. The first-order valence-electron chi connectivity index (χ1n) is 9.49. The Morgan fingerprint density at radius 3 is 2.07 bits per heavy atom. The third-order valence-corrected chi connectivity index (χ3v) is 5.47. The molecule has 0 aliphatic heterocycles. The van der Waals surface area contributed by atoms with Gasteiger partial charge in [0.1, 0.15) is 5.01 Å². The highest BCUT2D eigenvalue weighted by molar-refractivity contribution is 7.13. The van der Waals surface area contributed by atoms with Gasteiger partial charge in [-0.05, 0) is 36.2 Å². The van der Waals surface area contributed by atoms with Crippen LogP contribution in [0.15, 0.2) is 84.2 Å². The number of anilines is 2. The summed E-state index contributed by atoms with van der Waals surface area (Å²) in [4.78, 5) is 16.9. The molecule has 4 rings (SSSR count). The number of hydrogen-bond acceptors (Lipinski definition) is 3. The molecule has 0 fully saturated rings.